The summed E-state index contributed by atoms with van der Waals surface area (Å²) in [6.45, 7) is 6.35. The molecule has 0 aromatic heterocycles. The van der Waals surface area contributed by atoms with E-state index in [1.54, 1.807) is 4.90 Å². The number of hydrogen-bond donors (Lipinski definition) is 4. The van der Waals surface area contributed by atoms with Crippen molar-refractivity contribution in [1.82, 2.24) is 10.2 Å². The van der Waals surface area contributed by atoms with Gasteiger partial charge in [-0.2, -0.15) is 0 Å². The van der Waals surface area contributed by atoms with E-state index in [-0.39, 0.29) is 43.1 Å². The minimum atomic E-state index is -1.56. The van der Waals surface area contributed by atoms with Crippen LogP contribution in [0.2, 0.25) is 0 Å². The SMILES string of the molecule is CC(C)(C)CC(=O)N1CCC[C@H]1C(=O)N[C@](Cc1ccc2ccccc2c1)(CC(O)CN)C(N)=O.Cl. The Hall–Kier alpha value is -2.68. The average Bonchev–Trinajstić information content (AvgIpc) is 3.28. The predicted octanol–water partition coefficient (Wildman–Crippen LogP) is 2.28. The van der Waals surface area contributed by atoms with Gasteiger partial charge in [0, 0.05) is 32.4 Å². The Kier molecular flexibility index (Phi) is 9.88. The van der Waals surface area contributed by atoms with Crippen molar-refractivity contribution in [2.75, 3.05) is 13.1 Å². The van der Waals surface area contributed by atoms with Crippen LogP contribution in [0.3, 0.4) is 0 Å². The molecule has 1 aliphatic rings. The molecule has 3 amide bonds. The van der Waals surface area contributed by atoms with E-state index in [2.05, 4.69) is 5.32 Å². The summed E-state index contributed by atoms with van der Waals surface area (Å²) in [5, 5.41) is 15.3. The summed E-state index contributed by atoms with van der Waals surface area (Å²) in [6, 6.07) is 12.9. The molecule has 1 aliphatic heterocycles. The lowest BCUT2D eigenvalue weighted by molar-refractivity contribution is -0.142. The van der Waals surface area contributed by atoms with Crippen LogP contribution in [0.15, 0.2) is 42.5 Å². The Morgan fingerprint density at radius 3 is 2.42 bits per heavy atom. The van der Waals surface area contributed by atoms with Gasteiger partial charge in [0.05, 0.1) is 6.10 Å². The van der Waals surface area contributed by atoms with E-state index in [1.165, 1.54) is 0 Å². The fraction of sp³-hybridized carbons (Fsp3) is 0.519. The quantitative estimate of drug-likeness (QED) is 0.403. The highest BCUT2D eigenvalue weighted by Gasteiger charge is 2.44. The lowest BCUT2D eigenvalue weighted by Gasteiger charge is -2.36. The maximum absolute atomic E-state index is 13.5. The molecule has 2 aromatic carbocycles. The van der Waals surface area contributed by atoms with Crippen molar-refractivity contribution < 1.29 is 19.5 Å². The number of aliphatic hydroxyl groups excluding tert-OH is 1. The number of likely N-dealkylation sites (tertiary alicyclic amines) is 1. The highest BCUT2D eigenvalue weighted by molar-refractivity contribution is 5.95. The van der Waals surface area contributed by atoms with Gasteiger partial charge in [0.15, 0.2) is 0 Å². The number of hydrogen-bond acceptors (Lipinski definition) is 5. The molecule has 1 fully saturated rings. The van der Waals surface area contributed by atoms with E-state index in [0.717, 1.165) is 16.3 Å². The lowest BCUT2D eigenvalue weighted by Crippen LogP contribution is -2.63. The van der Waals surface area contributed by atoms with E-state index in [4.69, 9.17) is 11.5 Å². The van der Waals surface area contributed by atoms with E-state index in [0.29, 0.717) is 25.8 Å². The van der Waals surface area contributed by atoms with Crippen LogP contribution >= 0.6 is 12.4 Å². The molecule has 0 radical (unpaired) electrons. The number of aliphatic hydroxyl groups is 1. The lowest BCUT2D eigenvalue weighted by atomic mass is 9.83. The molecule has 0 spiro atoms. The molecule has 3 rings (SSSR count). The Labute approximate surface area is 219 Å². The molecule has 36 heavy (non-hydrogen) atoms. The maximum Gasteiger partial charge on any atom is 0.243 e. The number of fused-ring (bicyclic) bond motifs is 1. The number of nitrogens with two attached hydrogens (primary N) is 2. The van der Waals surface area contributed by atoms with Crippen LogP contribution in [-0.4, -0.2) is 58.5 Å². The number of nitrogens with zero attached hydrogens (tertiary/aromatic N) is 1. The Bertz CT molecular complexity index is 1090. The van der Waals surface area contributed by atoms with Crippen molar-refractivity contribution in [3.8, 4) is 0 Å². The summed E-state index contributed by atoms with van der Waals surface area (Å²) in [4.78, 5) is 40.9. The summed E-state index contributed by atoms with van der Waals surface area (Å²) >= 11 is 0. The van der Waals surface area contributed by atoms with E-state index in [9.17, 15) is 19.5 Å². The first-order chi connectivity index (χ1) is 16.4. The van der Waals surface area contributed by atoms with Crippen molar-refractivity contribution in [3.05, 3.63) is 48.0 Å². The number of rotatable bonds is 9. The van der Waals surface area contributed by atoms with Gasteiger partial charge < -0.3 is 26.8 Å². The zero-order valence-electron chi connectivity index (χ0n) is 21.3. The second-order valence-electron chi connectivity index (χ2n) is 10.9. The molecule has 198 valence electrons. The second-order valence-corrected chi connectivity index (χ2v) is 10.9. The summed E-state index contributed by atoms with van der Waals surface area (Å²) in [5.41, 5.74) is 10.6. The van der Waals surface area contributed by atoms with Gasteiger partial charge in [0.2, 0.25) is 17.7 Å². The third kappa shape index (κ3) is 7.18. The molecule has 9 heteroatoms. The minimum Gasteiger partial charge on any atom is -0.392 e. The molecule has 1 heterocycles. The minimum absolute atomic E-state index is 0. The number of benzene rings is 2. The van der Waals surface area contributed by atoms with E-state index < -0.39 is 29.5 Å². The second kappa shape index (κ2) is 12.0. The summed E-state index contributed by atoms with van der Waals surface area (Å²) in [5.74, 6) is -1.28. The average molecular weight is 519 g/mol. The zero-order chi connectivity index (χ0) is 25.8. The summed E-state index contributed by atoms with van der Waals surface area (Å²) in [6.07, 6.45) is 0.462. The van der Waals surface area contributed by atoms with Crippen molar-refractivity contribution in [1.29, 1.82) is 0 Å². The molecular formula is C27H39ClN4O4. The molecular weight excluding hydrogens is 480 g/mol. The van der Waals surface area contributed by atoms with Gasteiger partial charge >= 0.3 is 0 Å². The first kappa shape index (κ1) is 29.5. The molecule has 0 saturated carbocycles. The topological polar surface area (TPSA) is 139 Å². The largest absolute Gasteiger partial charge is 0.392 e. The monoisotopic (exact) mass is 518 g/mol. The van der Waals surface area contributed by atoms with Crippen LogP contribution < -0.4 is 16.8 Å². The van der Waals surface area contributed by atoms with Gasteiger partial charge in [-0.3, -0.25) is 14.4 Å². The van der Waals surface area contributed by atoms with Crippen molar-refractivity contribution >= 4 is 40.9 Å². The Morgan fingerprint density at radius 1 is 1.14 bits per heavy atom. The smallest absolute Gasteiger partial charge is 0.243 e. The molecule has 0 bridgehead atoms. The molecule has 2 aromatic rings. The molecule has 3 atom stereocenters. The number of amides is 3. The highest BCUT2D eigenvalue weighted by Crippen LogP contribution is 2.27. The molecule has 8 nitrogen and oxygen atoms in total. The number of primary amides is 1. The van der Waals surface area contributed by atoms with Crippen LogP contribution in [0.4, 0.5) is 0 Å². The maximum atomic E-state index is 13.5. The highest BCUT2D eigenvalue weighted by atomic mass is 35.5. The Morgan fingerprint density at radius 2 is 1.81 bits per heavy atom. The third-order valence-electron chi connectivity index (χ3n) is 6.57. The first-order valence-corrected chi connectivity index (χ1v) is 12.2. The van der Waals surface area contributed by atoms with E-state index in [1.807, 2.05) is 63.2 Å². The molecule has 1 unspecified atom stereocenters. The van der Waals surface area contributed by atoms with Crippen molar-refractivity contribution in [3.63, 3.8) is 0 Å². The van der Waals surface area contributed by atoms with Crippen molar-refractivity contribution in [2.24, 2.45) is 16.9 Å². The molecule has 0 aliphatic carbocycles. The van der Waals surface area contributed by atoms with E-state index >= 15 is 0 Å². The third-order valence-corrected chi connectivity index (χ3v) is 6.57. The van der Waals surface area contributed by atoms with Crippen LogP contribution in [0.5, 0.6) is 0 Å². The van der Waals surface area contributed by atoms with Crippen LogP contribution in [-0.2, 0) is 20.8 Å². The van der Waals surface area contributed by atoms with Gasteiger partial charge in [0.1, 0.15) is 11.6 Å². The Balaban J connectivity index is 0.00000456. The van der Waals surface area contributed by atoms with Crippen LogP contribution in [0.1, 0.15) is 52.0 Å². The zero-order valence-corrected chi connectivity index (χ0v) is 22.1. The van der Waals surface area contributed by atoms with Crippen LogP contribution in [0.25, 0.3) is 10.8 Å². The summed E-state index contributed by atoms with van der Waals surface area (Å²) in [7, 11) is 0. The number of carbonyl (C=O) groups is 3. The summed E-state index contributed by atoms with van der Waals surface area (Å²) < 4.78 is 0. The fourth-order valence-electron chi connectivity index (χ4n) is 4.81. The van der Waals surface area contributed by atoms with Gasteiger partial charge in [-0.05, 0) is 34.6 Å². The van der Waals surface area contributed by atoms with Gasteiger partial charge in [-0.15, -0.1) is 12.4 Å². The fourth-order valence-corrected chi connectivity index (χ4v) is 4.81. The van der Waals surface area contributed by atoms with Crippen molar-refractivity contribution in [2.45, 2.75) is 70.6 Å². The van der Waals surface area contributed by atoms with Crippen LogP contribution in [0, 0.1) is 5.41 Å². The van der Waals surface area contributed by atoms with Gasteiger partial charge in [-0.25, -0.2) is 0 Å². The number of nitrogens with one attached hydrogen (secondary N) is 1. The van der Waals surface area contributed by atoms with Gasteiger partial charge in [0.25, 0.3) is 0 Å². The predicted molar refractivity (Wildman–Crippen MR) is 143 cm³/mol. The molecule has 1 saturated heterocycles. The van der Waals surface area contributed by atoms with Gasteiger partial charge in [-0.1, -0.05) is 63.2 Å². The molecule has 6 N–H and O–H groups in total. The number of halogens is 1. The normalized spacial score (nSPS) is 18.2. The standard InChI is InChI=1S/C27H38N4O4.ClH/c1-26(2,3)16-23(33)31-12-6-9-22(31)24(34)30-27(25(29)35,15-21(32)17-28)14-18-10-11-19-7-4-5-8-20(19)13-18;/h4-5,7-8,10-11,13,21-22,32H,6,9,12,14-17,28H2,1-3H3,(H2,29,35)(H,30,34);1H/t21?,22-,27+;/m0./s1. The first-order valence-electron chi connectivity index (χ1n) is 12.2. The number of carbonyl (C=O) groups excluding carboxylic acids is 3.